The molecule has 0 saturated heterocycles. The molecule has 7 heteroatoms. The Morgan fingerprint density at radius 2 is 2.17 bits per heavy atom. The number of ether oxygens (including phenoxy) is 2. The first-order chi connectivity index (χ1) is 8.54. The number of methoxy groups -OCH3 is 2. The summed E-state index contributed by atoms with van der Waals surface area (Å²) in [6, 6.07) is 0. The van der Waals surface area contributed by atoms with Crippen molar-refractivity contribution in [2.45, 2.75) is 18.7 Å². The molecule has 18 heavy (non-hydrogen) atoms. The minimum atomic E-state index is -2.74. The van der Waals surface area contributed by atoms with E-state index in [-0.39, 0.29) is 29.2 Å². The quantitative estimate of drug-likeness (QED) is 0.614. The Labute approximate surface area is 108 Å². The van der Waals surface area contributed by atoms with Gasteiger partial charge in [0.15, 0.2) is 0 Å². The summed E-state index contributed by atoms with van der Waals surface area (Å²) in [5, 5.41) is 0. The fourth-order valence-electron chi connectivity index (χ4n) is 1.50. The average Bonchev–Trinajstić information content (AvgIpc) is 2.37. The molecule has 0 aliphatic carbocycles. The van der Waals surface area contributed by atoms with E-state index in [0.29, 0.717) is 5.69 Å². The highest BCUT2D eigenvalue weighted by atomic mass is 35.5. The number of alkyl halides is 3. The highest BCUT2D eigenvalue weighted by Gasteiger charge is 2.22. The Morgan fingerprint density at radius 1 is 1.50 bits per heavy atom. The monoisotopic (exact) mass is 279 g/mol. The number of nitrogens with zero attached hydrogens (tertiary/aromatic N) is 1. The van der Waals surface area contributed by atoms with Gasteiger partial charge in [-0.1, -0.05) is 0 Å². The molecule has 0 bridgehead atoms. The van der Waals surface area contributed by atoms with Crippen LogP contribution in [0.4, 0.5) is 8.78 Å². The normalized spacial score (nSPS) is 10.6. The van der Waals surface area contributed by atoms with Crippen LogP contribution >= 0.6 is 11.6 Å². The number of esters is 1. The summed E-state index contributed by atoms with van der Waals surface area (Å²) >= 11 is 5.66. The van der Waals surface area contributed by atoms with Crippen molar-refractivity contribution in [3.8, 4) is 5.75 Å². The largest absolute Gasteiger partial charge is 0.496 e. The number of carbonyl (C=O) groups is 1. The van der Waals surface area contributed by atoms with Crippen LogP contribution in [0.2, 0.25) is 0 Å². The SMILES string of the molecule is COC(=O)Cc1c(CCl)ncc(C(F)F)c1OC. The molecule has 0 amide bonds. The highest BCUT2D eigenvalue weighted by Crippen LogP contribution is 2.33. The van der Waals surface area contributed by atoms with Crippen LogP contribution < -0.4 is 4.74 Å². The van der Waals surface area contributed by atoms with Gasteiger partial charge in [-0.25, -0.2) is 8.78 Å². The van der Waals surface area contributed by atoms with Crippen LogP contribution in [0.1, 0.15) is 23.2 Å². The average molecular weight is 280 g/mol. The minimum absolute atomic E-state index is 0.00773. The zero-order valence-corrected chi connectivity index (χ0v) is 10.6. The molecule has 1 aromatic heterocycles. The second kappa shape index (κ2) is 6.49. The Balaban J connectivity index is 3.32. The van der Waals surface area contributed by atoms with E-state index in [2.05, 4.69) is 9.72 Å². The fourth-order valence-corrected chi connectivity index (χ4v) is 1.73. The van der Waals surface area contributed by atoms with Gasteiger partial charge in [0.25, 0.3) is 6.43 Å². The van der Waals surface area contributed by atoms with Crippen LogP contribution in [0.25, 0.3) is 0 Å². The van der Waals surface area contributed by atoms with Crippen LogP contribution in [-0.2, 0) is 21.8 Å². The van der Waals surface area contributed by atoms with Gasteiger partial charge in [-0.3, -0.25) is 9.78 Å². The van der Waals surface area contributed by atoms with Gasteiger partial charge < -0.3 is 9.47 Å². The number of halogens is 3. The lowest BCUT2D eigenvalue weighted by atomic mass is 10.1. The summed E-state index contributed by atoms with van der Waals surface area (Å²) in [5.41, 5.74) is 0.186. The molecule has 0 unspecified atom stereocenters. The minimum Gasteiger partial charge on any atom is -0.496 e. The molecule has 1 rings (SSSR count). The summed E-state index contributed by atoms with van der Waals surface area (Å²) in [6.45, 7) is 0. The van der Waals surface area contributed by atoms with E-state index >= 15 is 0 Å². The first-order valence-electron chi connectivity index (χ1n) is 5.00. The van der Waals surface area contributed by atoms with Crippen molar-refractivity contribution in [2.24, 2.45) is 0 Å². The van der Waals surface area contributed by atoms with Gasteiger partial charge in [0.2, 0.25) is 0 Å². The molecule has 1 heterocycles. The number of hydrogen-bond acceptors (Lipinski definition) is 4. The Morgan fingerprint density at radius 3 is 2.61 bits per heavy atom. The third-order valence-corrected chi connectivity index (χ3v) is 2.61. The van der Waals surface area contributed by atoms with Gasteiger partial charge >= 0.3 is 5.97 Å². The number of aromatic nitrogens is 1. The molecule has 100 valence electrons. The van der Waals surface area contributed by atoms with Crippen LogP contribution in [-0.4, -0.2) is 25.2 Å². The van der Waals surface area contributed by atoms with Gasteiger partial charge in [-0.2, -0.15) is 0 Å². The summed E-state index contributed by atoms with van der Waals surface area (Å²) in [7, 11) is 2.46. The molecule has 0 atom stereocenters. The molecule has 4 nitrogen and oxygen atoms in total. The highest BCUT2D eigenvalue weighted by molar-refractivity contribution is 6.17. The van der Waals surface area contributed by atoms with Crippen molar-refractivity contribution < 1.29 is 23.0 Å². The second-order valence-corrected chi connectivity index (χ2v) is 3.63. The zero-order chi connectivity index (χ0) is 13.7. The predicted octanol–water partition coefficient (Wildman–Crippen LogP) is 2.48. The topological polar surface area (TPSA) is 48.4 Å². The number of hydrogen-bond donors (Lipinski definition) is 0. The summed E-state index contributed by atoms with van der Waals surface area (Å²) in [6.07, 6.45) is -1.95. The lowest BCUT2D eigenvalue weighted by Gasteiger charge is -2.14. The lowest BCUT2D eigenvalue weighted by molar-refractivity contribution is -0.139. The van der Waals surface area contributed by atoms with Gasteiger partial charge in [0.1, 0.15) is 5.75 Å². The van der Waals surface area contributed by atoms with E-state index in [1.807, 2.05) is 0 Å². The third-order valence-electron chi connectivity index (χ3n) is 2.36. The standard InChI is InChI=1S/C11H12ClF2NO3/c1-17-9(16)3-6-8(4-12)15-5-7(11(13)14)10(6)18-2/h5,11H,3-4H2,1-2H3. The van der Waals surface area contributed by atoms with Crippen molar-refractivity contribution in [3.05, 3.63) is 23.0 Å². The van der Waals surface area contributed by atoms with Crippen molar-refractivity contribution >= 4 is 17.6 Å². The molecular formula is C11H12ClF2NO3. The van der Waals surface area contributed by atoms with Crippen LogP contribution in [0.5, 0.6) is 5.75 Å². The molecule has 0 fully saturated rings. The van der Waals surface area contributed by atoms with E-state index in [1.54, 1.807) is 0 Å². The van der Waals surface area contributed by atoms with Crippen molar-refractivity contribution in [1.29, 1.82) is 0 Å². The Hall–Kier alpha value is -1.43. The molecule has 0 aliphatic heterocycles. The van der Waals surface area contributed by atoms with Crippen LogP contribution in [0.15, 0.2) is 6.20 Å². The zero-order valence-electron chi connectivity index (χ0n) is 9.87. The van der Waals surface area contributed by atoms with E-state index in [1.165, 1.54) is 14.2 Å². The molecule has 0 aromatic carbocycles. The van der Waals surface area contributed by atoms with Crippen molar-refractivity contribution in [3.63, 3.8) is 0 Å². The molecule has 0 aliphatic rings. The smallest absolute Gasteiger partial charge is 0.310 e. The maximum Gasteiger partial charge on any atom is 0.310 e. The summed E-state index contributed by atoms with van der Waals surface area (Å²) in [4.78, 5) is 15.1. The third kappa shape index (κ3) is 3.07. The van der Waals surface area contributed by atoms with Crippen molar-refractivity contribution in [1.82, 2.24) is 4.98 Å². The molecular weight excluding hydrogens is 268 g/mol. The molecule has 0 spiro atoms. The van der Waals surface area contributed by atoms with Gasteiger partial charge in [0, 0.05) is 11.8 Å². The second-order valence-electron chi connectivity index (χ2n) is 3.36. The molecule has 1 aromatic rings. The predicted molar refractivity (Wildman–Crippen MR) is 61.0 cm³/mol. The summed E-state index contributed by atoms with van der Waals surface area (Å²) < 4.78 is 35.0. The number of rotatable bonds is 5. The van der Waals surface area contributed by atoms with Gasteiger partial charge in [0.05, 0.1) is 37.8 Å². The van der Waals surface area contributed by atoms with Crippen LogP contribution in [0.3, 0.4) is 0 Å². The van der Waals surface area contributed by atoms with E-state index in [9.17, 15) is 13.6 Å². The Kier molecular flexibility index (Phi) is 5.27. The maximum absolute atomic E-state index is 12.8. The molecule has 0 saturated carbocycles. The van der Waals surface area contributed by atoms with Gasteiger partial charge in [-0.05, 0) is 0 Å². The number of carbonyl (C=O) groups excluding carboxylic acids is 1. The molecule has 0 radical (unpaired) electrons. The maximum atomic E-state index is 12.8. The van der Waals surface area contributed by atoms with Gasteiger partial charge in [-0.15, -0.1) is 11.6 Å². The van der Waals surface area contributed by atoms with E-state index in [0.717, 1.165) is 6.20 Å². The van der Waals surface area contributed by atoms with Crippen LogP contribution in [0, 0.1) is 0 Å². The van der Waals surface area contributed by atoms with Crippen molar-refractivity contribution in [2.75, 3.05) is 14.2 Å². The van der Waals surface area contributed by atoms with E-state index < -0.39 is 12.4 Å². The Bertz CT molecular complexity index is 441. The van der Waals surface area contributed by atoms with E-state index in [4.69, 9.17) is 16.3 Å². The first-order valence-corrected chi connectivity index (χ1v) is 5.54. The fraction of sp³-hybridized carbons (Fsp3) is 0.455. The summed E-state index contributed by atoms with van der Waals surface area (Å²) in [5.74, 6) is -0.652. The number of pyridine rings is 1. The lowest BCUT2D eigenvalue weighted by Crippen LogP contribution is -2.11. The molecule has 0 N–H and O–H groups in total. The first kappa shape index (κ1) is 14.6.